The minimum absolute atomic E-state index is 0. The lowest BCUT2D eigenvalue weighted by Crippen LogP contribution is -3.00. The van der Waals surface area contributed by atoms with Gasteiger partial charge < -0.3 is 98.7 Å². The summed E-state index contributed by atoms with van der Waals surface area (Å²) in [6.45, 7) is 17.9. The maximum absolute atomic E-state index is 13.6. The zero-order chi connectivity index (χ0) is 66.9. The highest BCUT2D eigenvalue weighted by atomic mass is 79.9. The number of para-hydroxylation sites is 3. The second-order valence-corrected chi connectivity index (χ2v) is 26.4. The van der Waals surface area contributed by atoms with Gasteiger partial charge in [0.2, 0.25) is 0 Å². The molecule has 97 heavy (non-hydrogen) atoms. The summed E-state index contributed by atoms with van der Waals surface area (Å²) in [5, 5.41) is 6.08. The number of piperidine rings is 2. The number of nitrogens with zero attached hydrogens (tertiary/aromatic N) is 3. The number of hydrogen-bond donors (Lipinski definition) is 2. The normalized spacial score (nSPS) is 18.0. The summed E-state index contributed by atoms with van der Waals surface area (Å²) in [5.41, 5.74) is 8.65. The van der Waals surface area contributed by atoms with Crippen LogP contribution in [-0.2, 0) is 53.0 Å². The molecule has 3 atom stereocenters. The largest absolute Gasteiger partial charge is 1.00 e. The van der Waals surface area contributed by atoms with Crippen LogP contribution in [0.4, 0.5) is 11.4 Å². The molecule has 3 saturated heterocycles. The van der Waals surface area contributed by atoms with Gasteiger partial charge in [-0.25, -0.2) is 14.4 Å². The Morgan fingerprint density at radius 3 is 1.43 bits per heavy atom. The van der Waals surface area contributed by atoms with E-state index in [9.17, 15) is 28.8 Å². The number of halogens is 3. The molecule has 10 rings (SSSR count). The molecule has 16 nitrogen and oxygen atoms in total. The molecule has 0 radical (unpaired) electrons. The third-order valence-electron chi connectivity index (χ3n) is 19.6. The molecule has 526 valence electrons. The zero-order valence-electron chi connectivity index (χ0n) is 57.9. The van der Waals surface area contributed by atoms with Crippen LogP contribution in [0.2, 0.25) is 0 Å². The van der Waals surface area contributed by atoms with Gasteiger partial charge >= 0.3 is 23.9 Å². The molecule has 0 spiro atoms. The van der Waals surface area contributed by atoms with Gasteiger partial charge in [-0.3, -0.25) is 14.4 Å². The minimum atomic E-state index is -0.491. The van der Waals surface area contributed by atoms with Gasteiger partial charge in [-0.05, 0) is 139 Å². The van der Waals surface area contributed by atoms with E-state index >= 15 is 0 Å². The molecule has 6 aromatic rings. The number of quaternary nitrogens is 3. The second kappa shape index (κ2) is 40.4. The monoisotopic (exact) mass is 1520 g/mol. The molecule has 1 saturated carbocycles. The summed E-state index contributed by atoms with van der Waals surface area (Å²) in [6.07, 6.45) is 15.2. The number of methoxy groups -OCH3 is 3. The topological polar surface area (TPSA) is 173 Å². The third kappa shape index (κ3) is 22.9. The van der Waals surface area contributed by atoms with E-state index in [4.69, 9.17) is 23.7 Å². The van der Waals surface area contributed by atoms with Crippen LogP contribution in [0.5, 0.6) is 5.75 Å². The lowest BCUT2D eigenvalue weighted by atomic mass is 9.94. The predicted molar refractivity (Wildman–Crippen MR) is 368 cm³/mol. The van der Waals surface area contributed by atoms with Crippen LogP contribution >= 0.6 is 0 Å². The van der Waals surface area contributed by atoms with E-state index < -0.39 is 11.9 Å². The van der Waals surface area contributed by atoms with Crippen LogP contribution in [-0.4, -0.2) is 142 Å². The first-order valence-electron chi connectivity index (χ1n) is 34.2. The minimum Gasteiger partial charge on any atom is -1.00 e. The van der Waals surface area contributed by atoms with Gasteiger partial charge in [0.25, 0.3) is 11.8 Å². The van der Waals surface area contributed by atoms with E-state index in [2.05, 4.69) is 84.3 Å². The van der Waals surface area contributed by atoms with Crippen molar-refractivity contribution < 1.29 is 117 Å². The molecule has 0 aromatic heterocycles. The Morgan fingerprint density at radius 1 is 0.474 bits per heavy atom. The van der Waals surface area contributed by atoms with Crippen LogP contribution in [0.1, 0.15) is 161 Å². The van der Waals surface area contributed by atoms with Crippen molar-refractivity contribution in [1.29, 1.82) is 0 Å². The van der Waals surface area contributed by atoms with E-state index in [0.29, 0.717) is 58.0 Å². The van der Waals surface area contributed by atoms with Crippen molar-refractivity contribution in [2.24, 2.45) is 5.92 Å². The van der Waals surface area contributed by atoms with Gasteiger partial charge in [0.05, 0.1) is 83.1 Å². The number of ether oxygens (including phenoxy) is 5. The standard InChI is InChI=1S/C29H36N2O5.C25H32N2O3.C24H32NO3.3BrH/c1-21-10-8-16-25(29(34)35-2)27(21)30-26(32)20-31(18-22-11-4-3-5-12-22)17-9-13-23(19-31)28(33)36-24-14-6-7-15-24;1-4-22(24(28)26-23-19(2)12-11-15-21(23)25(29)30-3)27(16-9-6-10-17-27)18-20-13-7-5-8-14-20;1-20-11-10-14-22(24(26)27-2)23(20)28-18-17-25(15-8-3-4-9-16-25)19-21-12-6-5-7-13-21;;;/h3-5,8,10-12,16,23-24H,6-7,9,13-15,17-20H2,1-2H3;5,7-8,11-15,22H,4,6,9-10,16-18H2,1-3H3;5-7,10-14H,3-4,8-9,15-19H2,1-2H3;3*1H/q;;+1;;;/p-1. The number of benzene rings is 6. The average molecular weight is 1530 g/mol. The predicted octanol–water partition coefficient (Wildman–Crippen LogP) is 5.10. The number of nitrogens with one attached hydrogen (secondary N) is 2. The smallest absolute Gasteiger partial charge is 0.341 e. The highest BCUT2D eigenvalue weighted by molar-refractivity contribution is 6.04. The first-order valence-corrected chi connectivity index (χ1v) is 34.2. The van der Waals surface area contributed by atoms with Gasteiger partial charge in [0.1, 0.15) is 56.1 Å². The Bertz CT molecular complexity index is 3450. The molecule has 19 heteroatoms. The Morgan fingerprint density at radius 2 is 0.918 bits per heavy atom. The quantitative estimate of drug-likeness (QED) is 0.0527. The molecule has 1 aliphatic carbocycles. The molecular weight excluding hydrogens is 1420 g/mol. The van der Waals surface area contributed by atoms with Crippen molar-refractivity contribution in [3.63, 3.8) is 0 Å². The van der Waals surface area contributed by atoms with Crippen molar-refractivity contribution in [1.82, 2.24) is 0 Å². The number of rotatable bonds is 22. The number of hydrogen-bond acceptors (Lipinski definition) is 11. The number of carbonyl (C=O) groups is 6. The SMILES string of the molecule is CCC(C(=O)Nc1c(C)cccc1C(=O)OC)[N+]1(Cc2ccccc2)CCCCC1.COC(=O)c1cccc(C)c1NC(=O)C[N+]1(Cc2ccccc2)CCCC(C(=O)OC2CCCC2)C1.COC(=O)c1cccc(C)c1OCC[N+]1(Cc2ccccc2)CCCCCC1.[Br-].[Br-].[Br-]. The molecule has 3 unspecified atom stereocenters. The summed E-state index contributed by atoms with van der Waals surface area (Å²) < 4.78 is 29.1. The molecule has 0 bridgehead atoms. The number of aryl methyl sites for hydroxylation is 3. The van der Waals surface area contributed by atoms with Gasteiger partial charge in [-0.15, -0.1) is 0 Å². The second-order valence-electron chi connectivity index (χ2n) is 26.4. The molecule has 3 aliphatic heterocycles. The van der Waals surface area contributed by atoms with Crippen LogP contribution < -0.4 is 66.3 Å². The molecule has 3 heterocycles. The van der Waals surface area contributed by atoms with E-state index in [1.165, 1.54) is 77.6 Å². The summed E-state index contributed by atoms with van der Waals surface area (Å²) in [4.78, 5) is 76.7. The van der Waals surface area contributed by atoms with Crippen LogP contribution in [0.15, 0.2) is 146 Å². The third-order valence-corrected chi connectivity index (χ3v) is 19.6. The Kier molecular flexibility index (Phi) is 33.7. The average Bonchev–Trinajstić information content (AvgIpc) is 0.872. The van der Waals surface area contributed by atoms with Gasteiger partial charge in [0.15, 0.2) is 12.6 Å². The fourth-order valence-corrected chi connectivity index (χ4v) is 14.8. The number of carbonyl (C=O) groups excluding carboxylic acids is 6. The number of likely N-dealkylation sites (tertiary alicyclic amines) is 3. The fraction of sp³-hybridized carbons (Fsp3) is 0.462. The van der Waals surface area contributed by atoms with E-state index in [1.807, 2.05) is 75.4 Å². The maximum Gasteiger partial charge on any atom is 0.341 e. The first kappa shape index (κ1) is 80.9. The van der Waals surface area contributed by atoms with E-state index in [0.717, 1.165) is 128 Å². The highest BCUT2D eigenvalue weighted by Crippen LogP contribution is 2.34. The molecular formula is C78H102Br3N5O11. The molecule has 4 fully saturated rings. The molecule has 2 amide bonds. The Hall–Kier alpha value is -6.74. The van der Waals surface area contributed by atoms with Crippen molar-refractivity contribution >= 4 is 47.1 Å². The Labute approximate surface area is 607 Å². The van der Waals surface area contributed by atoms with Gasteiger partial charge in [0, 0.05) is 23.1 Å². The molecule has 6 aromatic carbocycles. The van der Waals surface area contributed by atoms with Crippen molar-refractivity contribution in [3.05, 3.63) is 196 Å². The van der Waals surface area contributed by atoms with Gasteiger partial charge in [-0.1, -0.05) is 134 Å². The summed E-state index contributed by atoms with van der Waals surface area (Å²) in [5.74, 6) is -1.17. The van der Waals surface area contributed by atoms with Crippen molar-refractivity contribution in [2.45, 2.75) is 149 Å². The van der Waals surface area contributed by atoms with Crippen molar-refractivity contribution in [2.75, 3.05) is 90.9 Å². The first-order chi connectivity index (χ1) is 45.5. The maximum atomic E-state index is 13.6. The number of amides is 2. The lowest BCUT2D eigenvalue weighted by molar-refractivity contribution is -0.959. The van der Waals surface area contributed by atoms with Crippen LogP contribution in [0.25, 0.3) is 0 Å². The highest BCUT2D eigenvalue weighted by Gasteiger charge is 2.44. The number of anilines is 2. The van der Waals surface area contributed by atoms with Crippen molar-refractivity contribution in [3.8, 4) is 5.75 Å². The van der Waals surface area contributed by atoms with Crippen LogP contribution in [0, 0.1) is 26.7 Å². The summed E-state index contributed by atoms with van der Waals surface area (Å²) >= 11 is 0. The van der Waals surface area contributed by atoms with E-state index in [1.54, 1.807) is 24.3 Å². The van der Waals surface area contributed by atoms with Gasteiger partial charge in [-0.2, -0.15) is 0 Å². The fourth-order valence-electron chi connectivity index (χ4n) is 14.8. The zero-order valence-corrected chi connectivity index (χ0v) is 62.7. The van der Waals surface area contributed by atoms with E-state index in [-0.39, 0.29) is 99.3 Å². The molecule has 2 N–H and O–H groups in total. The number of esters is 4. The molecule has 4 aliphatic rings. The lowest BCUT2D eigenvalue weighted by Gasteiger charge is -2.46. The Balaban J connectivity index is 0.000000261. The summed E-state index contributed by atoms with van der Waals surface area (Å²) in [7, 11) is 4.10. The van der Waals surface area contributed by atoms with Crippen LogP contribution in [0.3, 0.4) is 0 Å². The summed E-state index contributed by atoms with van der Waals surface area (Å²) in [6, 6.07) is 47.4.